The van der Waals surface area contributed by atoms with Crippen LogP contribution in [0.5, 0.6) is 0 Å². The Hall–Kier alpha value is -2.22. The minimum absolute atomic E-state index is 0.102. The first-order valence-corrected chi connectivity index (χ1v) is 10.3. The van der Waals surface area contributed by atoms with Gasteiger partial charge in [-0.2, -0.15) is 0 Å². The number of thiophene rings is 1. The normalized spacial score (nSPS) is 17.8. The van der Waals surface area contributed by atoms with E-state index < -0.39 is 12.0 Å². The number of carbonyl (C=O) groups excluding carboxylic acids is 2. The summed E-state index contributed by atoms with van der Waals surface area (Å²) in [5.41, 5.74) is 0.957. The predicted octanol–water partition coefficient (Wildman–Crippen LogP) is 2.21. The molecule has 1 unspecified atom stereocenters. The lowest BCUT2D eigenvalue weighted by Gasteiger charge is -2.22. The number of aromatic amines is 1. The third-order valence-corrected chi connectivity index (χ3v) is 6.64. The predicted molar refractivity (Wildman–Crippen MR) is 102 cm³/mol. The number of fused-ring (bicyclic) bond motifs is 3. The summed E-state index contributed by atoms with van der Waals surface area (Å²) in [7, 11) is 0. The van der Waals surface area contributed by atoms with E-state index in [9.17, 15) is 14.4 Å². The molecule has 1 saturated carbocycles. The zero-order valence-corrected chi connectivity index (χ0v) is 16.1. The summed E-state index contributed by atoms with van der Waals surface area (Å²) in [6, 6.07) is -0.633. The Kier molecular flexibility index (Phi) is 4.99. The molecule has 0 bridgehead atoms. The van der Waals surface area contributed by atoms with Gasteiger partial charge in [-0.25, -0.2) is 9.78 Å². The van der Waals surface area contributed by atoms with Gasteiger partial charge in [0.1, 0.15) is 23.3 Å². The second kappa shape index (κ2) is 7.42. The summed E-state index contributed by atoms with van der Waals surface area (Å²) in [6.45, 7) is 1.30. The van der Waals surface area contributed by atoms with Crippen LogP contribution in [0.2, 0.25) is 0 Å². The topological polar surface area (TPSA) is 101 Å². The van der Waals surface area contributed by atoms with Crippen molar-refractivity contribution >= 4 is 33.4 Å². The molecule has 2 aromatic heterocycles. The van der Waals surface area contributed by atoms with Gasteiger partial charge in [-0.15, -0.1) is 11.3 Å². The molecule has 2 N–H and O–H groups in total. The van der Waals surface area contributed by atoms with Gasteiger partial charge in [-0.1, -0.05) is 12.8 Å². The number of carbonyl (C=O) groups is 2. The zero-order valence-electron chi connectivity index (χ0n) is 15.3. The Morgan fingerprint density at radius 3 is 2.81 bits per heavy atom. The van der Waals surface area contributed by atoms with E-state index in [1.807, 2.05) is 0 Å². The lowest BCUT2D eigenvalue weighted by Crippen LogP contribution is -2.45. The number of nitrogens with zero attached hydrogens (tertiary/aromatic N) is 1. The van der Waals surface area contributed by atoms with E-state index in [-0.39, 0.29) is 24.0 Å². The number of rotatable bonds is 5. The van der Waals surface area contributed by atoms with Crippen LogP contribution in [-0.4, -0.2) is 27.9 Å². The van der Waals surface area contributed by atoms with E-state index in [0.29, 0.717) is 16.0 Å². The van der Waals surface area contributed by atoms with Gasteiger partial charge < -0.3 is 15.0 Å². The van der Waals surface area contributed by atoms with Crippen molar-refractivity contribution in [1.82, 2.24) is 15.3 Å². The number of hydrogen-bond donors (Lipinski definition) is 2. The Balaban J connectivity index is 1.49. The second-order valence-electron chi connectivity index (χ2n) is 7.38. The van der Waals surface area contributed by atoms with E-state index in [2.05, 4.69) is 15.3 Å². The maximum atomic E-state index is 12.5. The number of hydrogen-bond acceptors (Lipinski definition) is 6. The molecule has 1 atom stereocenters. The third kappa shape index (κ3) is 3.63. The minimum Gasteiger partial charge on any atom is -0.456 e. The van der Waals surface area contributed by atoms with Crippen molar-refractivity contribution < 1.29 is 14.3 Å². The fourth-order valence-corrected chi connectivity index (χ4v) is 5.50. The molecule has 144 valence electrons. The van der Waals surface area contributed by atoms with Gasteiger partial charge in [0.2, 0.25) is 5.91 Å². The van der Waals surface area contributed by atoms with Gasteiger partial charge >= 0.3 is 5.97 Å². The standard InChI is InChI=1S/C19H23N3O4S/c1-10(23)20-16(11-5-2-3-6-11)19(25)26-9-14-21-17(24)15-12-7-4-8-13(12)27-18(15)22-14/h11,16H,2-9H2,1H3,(H,20,23)(H,21,22,24). The molecule has 0 spiro atoms. The number of esters is 1. The number of H-pyrrole nitrogens is 1. The maximum Gasteiger partial charge on any atom is 0.329 e. The van der Waals surface area contributed by atoms with Crippen LogP contribution in [0.25, 0.3) is 10.2 Å². The van der Waals surface area contributed by atoms with Crippen LogP contribution in [0.15, 0.2) is 4.79 Å². The van der Waals surface area contributed by atoms with E-state index in [0.717, 1.165) is 50.5 Å². The number of aryl methyl sites for hydroxylation is 2. The molecule has 2 aromatic rings. The third-order valence-electron chi connectivity index (χ3n) is 5.46. The molecule has 8 heteroatoms. The highest BCUT2D eigenvalue weighted by molar-refractivity contribution is 7.18. The zero-order chi connectivity index (χ0) is 19.0. The smallest absolute Gasteiger partial charge is 0.329 e. The summed E-state index contributed by atoms with van der Waals surface area (Å²) in [5.74, 6) is -0.261. The molecule has 0 aliphatic heterocycles. The number of nitrogens with one attached hydrogen (secondary N) is 2. The van der Waals surface area contributed by atoms with Crippen LogP contribution in [-0.2, 0) is 33.8 Å². The molecule has 27 heavy (non-hydrogen) atoms. The van der Waals surface area contributed by atoms with Crippen molar-refractivity contribution in [3.8, 4) is 0 Å². The largest absolute Gasteiger partial charge is 0.456 e. The molecular weight excluding hydrogens is 366 g/mol. The molecular formula is C19H23N3O4S. The van der Waals surface area contributed by atoms with E-state index in [4.69, 9.17) is 4.74 Å². The lowest BCUT2D eigenvalue weighted by molar-refractivity contribution is -0.150. The molecule has 2 aliphatic carbocycles. The summed E-state index contributed by atoms with van der Waals surface area (Å²) in [5, 5.41) is 3.41. The molecule has 2 heterocycles. The quantitative estimate of drug-likeness (QED) is 0.764. The lowest BCUT2D eigenvalue weighted by atomic mass is 9.98. The van der Waals surface area contributed by atoms with Crippen LogP contribution in [0.4, 0.5) is 0 Å². The maximum absolute atomic E-state index is 12.5. The highest BCUT2D eigenvalue weighted by Crippen LogP contribution is 2.34. The van der Waals surface area contributed by atoms with Gasteiger partial charge in [-0.05, 0) is 43.6 Å². The average Bonchev–Trinajstić information content (AvgIpc) is 3.33. The van der Waals surface area contributed by atoms with E-state index >= 15 is 0 Å². The van der Waals surface area contributed by atoms with Crippen LogP contribution in [0, 0.1) is 5.92 Å². The van der Waals surface area contributed by atoms with Gasteiger partial charge in [0, 0.05) is 11.8 Å². The van der Waals surface area contributed by atoms with Crippen LogP contribution in [0.3, 0.4) is 0 Å². The van der Waals surface area contributed by atoms with Crippen molar-refractivity contribution in [2.75, 3.05) is 0 Å². The average molecular weight is 389 g/mol. The van der Waals surface area contributed by atoms with Crippen molar-refractivity contribution in [3.63, 3.8) is 0 Å². The molecule has 0 aromatic carbocycles. The number of ether oxygens (including phenoxy) is 1. The van der Waals surface area contributed by atoms with Gasteiger partial charge in [-0.3, -0.25) is 9.59 Å². The molecule has 0 saturated heterocycles. The Morgan fingerprint density at radius 2 is 2.07 bits per heavy atom. The fourth-order valence-electron chi connectivity index (χ4n) is 4.22. The summed E-state index contributed by atoms with van der Waals surface area (Å²) in [6.07, 6.45) is 6.94. The highest BCUT2D eigenvalue weighted by atomic mass is 32.1. The van der Waals surface area contributed by atoms with Gasteiger partial charge in [0.15, 0.2) is 0 Å². The molecule has 2 aliphatic rings. The van der Waals surface area contributed by atoms with Crippen LogP contribution >= 0.6 is 11.3 Å². The Bertz CT molecular complexity index is 942. The SMILES string of the molecule is CC(=O)NC(C(=O)OCc1nc2sc3c(c2c(=O)[nH]1)CCC3)C1CCCC1. The summed E-state index contributed by atoms with van der Waals surface area (Å²) >= 11 is 1.56. The van der Waals surface area contributed by atoms with Crippen LogP contribution in [0.1, 0.15) is 55.3 Å². The van der Waals surface area contributed by atoms with E-state index in [1.54, 1.807) is 11.3 Å². The first-order valence-electron chi connectivity index (χ1n) is 9.50. The number of aromatic nitrogens is 2. The van der Waals surface area contributed by atoms with Gasteiger partial charge in [0.05, 0.1) is 5.39 Å². The second-order valence-corrected chi connectivity index (χ2v) is 8.46. The fraction of sp³-hybridized carbons (Fsp3) is 0.579. The van der Waals surface area contributed by atoms with Crippen molar-refractivity contribution in [3.05, 3.63) is 26.6 Å². The Labute approximate surface area is 160 Å². The first kappa shape index (κ1) is 18.2. The highest BCUT2D eigenvalue weighted by Gasteiger charge is 2.32. The molecule has 0 radical (unpaired) electrons. The summed E-state index contributed by atoms with van der Waals surface area (Å²) in [4.78, 5) is 45.7. The minimum atomic E-state index is -0.633. The van der Waals surface area contributed by atoms with Gasteiger partial charge in [0.25, 0.3) is 5.56 Å². The van der Waals surface area contributed by atoms with Crippen molar-refractivity contribution in [1.29, 1.82) is 0 Å². The Morgan fingerprint density at radius 1 is 1.30 bits per heavy atom. The van der Waals surface area contributed by atoms with Crippen molar-refractivity contribution in [2.45, 2.75) is 64.5 Å². The number of amides is 1. The molecule has 1 amide bonds. The van der Waals surface area contributed by atoms with Crippen LogP contribution < -0.4 is 10.9 Å². The molecule has 7 nitrogen and oxygen atoms in total. The van der Waals surface area contributed by atoms with Crippen molar-refractivity contribution in [2.24, 2.45) is 5.92 Å². The first-order chi connectivity index (χ1) is 13.0. The monoisotopic (exact) mass is 389 g/mol. The molecule has 4 rings (SSSR count). The molecule has 1 fully saturated rings. The van der Waals surface area contributed by atoms with E-state index in [1.165, 1.54) is 11.8 Å². The summed E-state index contributed by atoms with van der Waals surface area (Å²) < 4.78 is 5.40.